The molecule has 3 heteroatoms. The van der Waals surface area contributed by atoms with E-state index < -0.39 is 6.16 Å². The van der Waals surface area contributed by atoms with Gasteiger partial charge in [0.1, 0.15) is 5.75 Å². The second-order valence-electron chi connectivity index (χ2n) is 5.40. The van der Waals surface area contributed by atoms with Gasteiger partial charge in [-0.25, -0.2) is 4.79 Å². The van der Waals surface area contributed by atoms with E-state index >= 15 is 0 Å². The van der Waals surface area contributed by atoms with Crippen LogP contribution in [0.25, 0.3) is 0 Å². The summed E-state index contributed by atoms with van der Waals surface area (Å²) in [5, 5.41) is 0. The average molecular weight is 283 g/mol. The molecular formula is C18H19O3. The molecule has 0 spiro atoms. The van der Waals surface area contributed by atoms with E-state index in [0.29, 0.717) is 5.75 Å². The van der Waals surface area contributed by atoms with Crippen molar-refractivity contribution in [1.82, 2.24) is 0 Å². The molecule has 0 atom stereocenters. The topological polar surface area (TPSA) is 35.5 Å². The predicted octanol–water partition coefficient (Wildman–Crippen LogP) is 4.34. The first-order chi connectivity index (χ1) is 9.93. The first-order valence-corrected chi connectivity index (χ1v) is 6.72. The molecule has 0 aliphatic heterocycles. The molecule has 2 aromatic carbocycles. The highest BCUT2D eigenvalue weighted by Crippen LogP contribution is 2.32. The number of methoxy groups -OCH3 is 1. The summed E-state index contributed by atoms with van der Waals surface area (Å²) in [6.07, 6.45) is -0.715. The van der Waals surface area contributed by atoms with Crippen LogP contribution in [-0.4, -0.2) is 13.3 Å². The van der Waals surface area contributed by atoms with Crippen LogP contribution < -0.4 is 4.74 Å². The summed E-state index contributed by atoms with van der Waals surface area (Å²) in [5.41, 5.74) is 3.20. The van der Waals surface area contributed by atoms with Gasteiger partial charge in [-0.2, -0.15) is 0 Å². The molecule has 0 N–H and O–H groups in total. The van der Waals surface area contributed by atoms with Gasteiger partial charge >= 0.3 is 6.16 Å². The molecule has 3 nitrogen and oxygen atoms in total. The van der Waals surface area contributed by atoms with Crippen molar-refractivity contribution in [3.05, 3.63) is 72.1 Å². The summed E-state index contributed by atoms with van der Waals surface area (Å²) in [5.74, 6) is 0.467. The Kier molecular flexibility index (Phi) is 4.32. The third kappa shape index (κ3) is 3.43. The standard InChI is InChI=1S/C18H19O3/c1-13-5-7-14(8-6-13)18(2,3)15-9-11-16(12-10-15)21-17(19)20-4/h5-12H,1H2,2-4H3. The van der Waals surface area contributed by atoms with E-state index in [2.05, 4.69) is 37.6 Å². The summed E-state index contributed by atoms with van der Waals surface area (Å²) in [7, 11) is 1.28. The zero-order chi connectivity index (χ0) is 15.5. The fourth-order valence-electron chi connectivity index (χ4n) is 2.17. The van der Waals surface area contributed by atoms with Crippen molar-refractivity contribution in [1.29, 1.82) is 0 Å². The van der Waals surface area contributed by atoms with Crippen molar-refractivity contribution >= 4 is 6.16 Å². The van der Waals surface area contributed by atoms with Crippen LogP contribution in [0.2, 0.25) is 0 Å². The third-order valence-corrected chi connectivity index (χ3v) is 3.62. The van der Waals surface area contributed by atoms with Gasteiger partial charge in [-0.1, -0.05) is 50.2 Å². The van der Waals surface area contributed by atoms with E-state index in [9.17, 15) is 4.79 Å². The van der Waals surface area contributed by atoms with Crippen LogP contribution in [0.1, 0.15) is 30.5 Å². The van der Waals surface area contributed by atoms with Crippen molar-refractivity contribution in [2.75, 3.05) is 7.11 Å². The minimum atomic E-state index is -0.715. The highest BCUT2D eigenvalue weighted by atomic mass is 16.7. The SMILES string of the molecule is [CH2]c1ccc(C(C)(C)c2ccc(OC(=O)OC)cc2)cc1. The Labute approximate surface area is 125 Å². The Hall–Kier alpha value is -2.29. The molecule has 109 valence electrons. The summed E-state index contributed by atoms with van der Waals surface area (Å²) in [4.78, 5) is 11.1. The second kappa shape index (κ2) is 6.00. The van der Waals surface area contributed by atoms with Gasteiger partial charge in [-0.3, -0.25) is 0 Å². The molecule has 2 aromatic rings. The summed E-state index contributed by atoms with van der Waals surface area (Å²) < 4.78 is 9.45. The lowest BCUT2D eigenvalue weighted by atomic mass is 9.78. The lowest BCUT2D eigenvalue weighted by Crippen LogP contribution is -2.18. The van der Waals surface area contributed by atoms with E-state index in [-0.39, 0.29) is 5.41 Å². The maximum absolute atomic E-state index is 11.1. The molecule has 0 bridgehead atoms. The second-order valence-corrected chi connectivity index (χ2v) is 5.40. The number of carbonyl (C=O) groups is 1. The van der Waals surface area contributed by atoms with Crippen molar-refractivity contribution < 1.29 is 14.3 Å². The minimum Gasteiger partial charge on any atom is -0.437 e. The van der Waals surface area contributed by atoms with Crippen LogP contribution in [0.3, 0.4) is 0 Å². The zero-order valence-corrected chi connectivity index (χ0v) is 12.6. The van der Waals surface area contributed by atoms with Crippen LogP contribution in [-0.2, 0) is 10.2 Å². The Balaban J connectivity index is 2.24. The van der Waals surface area contributed by atoms with E-state index in [1.54, 1.807) is 12.1 Å². The molecule has 1 radical (unpaired) electrons. The van der Waals surface area contributed by atoms with Gasteiger partial charge in [0.2, 0.25) is 0 Å². The fourth-order valence-corrected chi connectivity index (χ4v) is 2.17. The lowest BCUT2D eigenvalue weighted by Gasteiger charge is -2.26. The zero-order valence-electron chi connectivity index (χ0n) is 12.6. The number of carbonyl (C=O) groups excluding carboxylic acids is 1. The molecule has 0 fully saturated rings. The van der Waals surface area contributed by atoms with Crippen molar-refractivity contribution in [3.8, 4) is 5.75 Å². The highest BCUT2D eigenvalue weighted by molar-refractivity contribution is 5.63. The maximum Gasteiger partial charge on any atom is 0.513 e. The fraction of sp³-hybridized carbons (Fsp3) is 0.222. The first kappa shape index (κ1) is 15.1. The average Bonchev–Trinajstić information content (AvgIpc) is 2.48. The van der Waals surface area contributed by atoms with Gasteiger partial charge in [0.15, 0.2) is 0 Å². The van der Waals surface area contributed by atoms with Gasteiger partial charge in [-0.15, -0.1) is 0 Å². The molecule has 0 aromatic heterocycles. The van der Waals surface area contributed by atoms with Crippen LogP contribution in [0.5, 0.6) is 5.75 Å². The van der Waals surface area contributed by atoms with Crippen LogP contribution in [0.15, 0.2) is 48.5 Å². The molecule has 0 aliphatic rings. The number of rotatable bonds is 3. The van der Waals surface area contributed by atoms with Gasteiger partial charge in [0.05, 0.1) is 7.11 Å². The molecule has 0 heterocycles. The maximum atomic E-state index is 11.1. The van der Waals surface area contributed by atoms with Crippen LogP contribution >= 0.6 is 0 Å². The Morgan fingerprint density at radius 2 is 1.43 bits per heavy atom. The van der Waals surface area contributed by atoms with Crippen LogP contribution in [0.4, 0.5) is 4.79 Å². The van der Waals surface area contributed by atoms with E-state index in [1.807, 2.05) is 24.3 Å². The molecule has 0 unspecified atom stereocenters. The third-order valence-electron chi connectivity index (χ3n) is 3.62. The smallest absolute Gasteiger partial charge is 0.437 e. The quantitative estimate of drug-likeness (QED) is 0.621. The normalized spacial score (nSPS) is 11.0. The summed E-state index contributed by atoms with van der Waals surface area (Å²) in [6.45, 7) is 8.21. The summed E-state index contributed by atoms with van der Waals surface area (Å²) in [6, 6.07) is 15.6. The van der Waals surface area contributed by atoms with E-state index in [4.69, 9.17) is 4.74 Å². The van der Waals surface area contributed by atoms with Crippen molar-refractivity contribution in [2.45, 2.75) is 19.3 Å². The number of ether oxygens (including phenoxy) is 2. The summed E-state index contributed by atoms with van der Waals surface area (Å²) >= 11 is 0. The Morgan fingerprint density at radius 1 is 0.952 bits per heavy atom. The number of hydrogen-bond donors (Lipinski definition) is 0. The minimum absolute atomic E-state index is 0.141. The Morgan fingerprint density at radius 3 is 1.90 bits per heavy atom. The Bertz CT molecular complexity index is 610. The van der Waals surface area contributed by atoms with Crippen molar-refractivity contribution in [2.24, 2.45) is 0 Å². The monoisotopic (exact) mass is 283 g/mol. The van der Waals surface area contributed by atoms with Gasteiger partial charge in [-0.05, 0) is 35.7 Å². The van der Waals surface area contributed by atoms with E-state index in [1.165, 1.54) is 12.7 Å². The van der Waals surface area contributed by atoms with Gasteiger partial charge in [0, 0.05) is 5.41 Å². The number of benzene rings is 2. The molecule has 21 heavy (non-hydrogen) atoms. The largest absolute Gasteiger partial charge is 0.513 e. The first-order valence-electron chi connectivity index (χ1n) is 6.72. The van der Waals surface area contributed by atoms with Gasteiger partial charge in [0.25, 0.3) is 0 Å². The van der Waals surface area contributed by atoms with Crippen molar-refractivity contribution in [3.63, 3.8) is 0 Å². The molecule has 0 saturated heterocycles. The lowest BCUT2D eigenvalue weighted by molar-refractivity contribution is 0.121. The van der Waals surface area contributed by atoms with Crippen LogP contribution in [0, 0.1) is 6.92 Å². The molecule has 2 rings (SSSR count). The molecule has 0 amide bonds. The molecule has 0 aliphatic carbocycles. The number of hydrogen-bond acceptors (Lipinski definition) is 3. The van der Waals surface area contributed by atoms with E-state index in [0.717, 1.165) is 11.1 Å². The molecular weight excluding hydrogens is 264 g/mol. The predicted molar refractivity (Wildman–Crippen MR) is 82.5 cm³/mol. The molecule has 0 saturated carbocycles. The highest BCUT2D eigenvalue weighted by Gasteiger charge is 2.23. The van der Waals surface area contributed by atoms with Gasteiger partial charge < -0.3 is 9.47 Å².